The van der Waals surface area contributed by atoms with Crippen molar-refractivity contribution in [2.45, 2.75) is 25.3 Å². The second-order valence-corrected chi connectivity index (χ2v) is 4.40. The van der Waals surface area contributed by atoms with Crippen molar-refractivity contribution < 1.29 is 9.90 Å². The summed E-state index contributed by atoms with van der Waals surface area (Å²) in [5.74, 6) is -0.899. The summed E-state index contributed by atoms with van der Waals surface area (Å²) in [4.78, 5) is 15.3. The molecule has 5 heteroatoms. The van der Waals surface area contributed by atoms with Crippen molar-refractivity contribution in [1.29, 1.82) is 0 Å². The summed E-state index contributed by atoms with van der Waals surface area (Å²) in [7, 11) is 0. The second kappa shape index (κ2) is 5.00. The van der Waals surface area contributed by atoms with Crippen LogP contribution >= 0.6 is 0 Å². The Morgan fingerprint density at radius 1 is 1.39 bits per heavy atom. The minimum Gasteiger partial charge on any atom is -0.479 e. The average molecular weight is 245 g/mol. The Hall–Kier alpha value is -2.17. The third kappa shape index (κ3) is 2.40. The Morgan fingerprint density at radius 2 is 2.11 bits per heavy atom. The maximum Gasteiger partial charge on any atom is 0.331 e. The molecule has 0 saturated heterocycles. The van der Waals surface area contributed by atoms with Gasteiger partial charge in [0.15, 0.2) is 5.54 Å². The molecule has 0 aliphatic carbocycles. The Kier molecular flexibility index (Phi) is 3.41. The molecule has 0 spiro atoms. The lowest BCUT2D eigenvalue weighted by Crippen LogP contribution is -2.39. The van der Waals surface area contributed by atoms with Crippen LogP contribution in [0, 0.1) is 0 Å². The lowest BCUT2D eigenvalue weighted by molar-refractivity contribution is -0.147. The van der Waals surface area contributed by atoms with Crippen molar-refractivity contribution in [2.24, 2.45) is 0 Å². The third-order valence-corrected chi connectivity index (χ3v) is 3.13. The molecule has 5 nitrogen and oxygen atoms in total. The summed E-state index contributed by atoms with van der Waals surface area (Å²) >= 11 is 0. The zero-order valence-corrected chi connectivity index (χ0v) is 10.2. The highest BCUT2D eigenvalue weighted by Crippen LogP contribution is 2.22. The Labute approximate surface area is 105 Å². The summed E-state index contributed by atoms with van der Waals surface area (Å²) in [6.45, 7) is 1.66. The standard InChI is InChI=1S/C13H15N3O2/c1-13(12(17)18,16-10-14-9-15-16)8-7-11-5-3-2-4-6-11/h2-6,9-10H,7-8H2,1H3,(H,17,18). The normalized spacial score (nSPS) is 14.1. The van der Waals surface area contributed by atoms with Gasteiger partial charge in [0.05, 0.1) is 0 Å². The van der Waals surface area contributed by atoms with E-state index in [1.165, 1.54) is 17.3 Å². The molecular formula is C13H15N3O2. The molecule has 1 heterocycles. The van der Waals surface area contributed by atoms with Gasteiger partial charge in [0.2, 0.25) is 0 Å². The monoisotopic (exact) mass is 245 g/mol. The molecule has 1 unspecified atom stereocenters. The highest BCUT2D eigenvalue weighted by atomic mass is 16.4. The van der Waals surface area contributed by atoms with Crippen LogP contribution in [-0.2, 0) is 16.8 Å². The molecule has 1 aromatic carbocycles. The number of benzene rings is 1. The van der Waals surface area contributed by atoms with Gasteiger partial charge >= 0.3 is 5.97 Å². The first kappa shape index (κ1) is 12.3. The Bertz CT molecular complexity index is 510. The summed E-state index contributed by atoms with van der Waals surface area (Å²) in [6.07, 6.45) is 3.95. The number of carbonyl (C=O) groups is 1. The van der Waals surface area contributed by atoms with Crippen LogP contribution in [0.2, 0.25) is 0 Å². The maximum absolute atomic E-state index is 11.5. The van der Waals surface area contributed by atoms with Gasteiger partial charge in [-0.25, -0.2) is 14.5 Å². The molecule has 18 heavy (non-hydrogen) atoms. The van der Waals surface area contributed by atoms with E-state index in [1.54, 1.807) is 6.92 Å². The predicted molar refractivity (Wildman–Crippen MR) is 66.1 cm³/mol. The fraction of sp³-hybridized carbons (Fsp3) is 0.308. The van der Waals surface area contributed by atoms with Gasteiger partial charge in [-0.3, -0.25) is 0 Å². The molecule has 0 bridgehead atoms. The van der Waals surface area contributed by atoms with Gasteiger partial charge in [-0.15, -0.1) is 0 Å². The molecular weight excluding hydrogens is 230 g/mol. The number of aromatic nitrogens is 3. The van der Waals surface area contributed by atoms with Gasteiger partial charge in [-0.05, 0) is 25.3 Å². The topological polar surface area (TPSA) is 68.0 Å². The highest BCUT2D eigenvalue weighted by molar-refractivity contribution is 5.76. The molecule has 0 aliphatic rings. The van der Waals surface area contributed by atoms with Crippen molar-refractivity contribution in [3.63, 3.8) is 0 Å². The summed E-state index contributed by atoms with van der Waals surface area (Å²) in [6, 6.07) is 9.82. The van der Waals surface area contributed by atoms with Crippen molar-refractivity contribution >= 4 is 5.97 Å². The average Bonchev–Trinajstić information content (AvgIpc) is 2.91. The first-order valence-corrected chi connectivity index (χ1v) is 5.75. The molecule has 94 valence electrons. The third-order valence-electron chi connectivity index (χ3n) is 3.13. The van der Waals surface area contributed by atoms with Crippen molar-refractivity contribution in [2.75, 3.05) is 0 Å². The lowest BCUT2D eigenvalue weighted by Gasteiger charge is -2.24. The number of nitrogens with zero attached hydrogens (tertiary/aromatic N) is 3. The van der Waals surface area contributed by atoms with Crippen LogP contribution in [0.15, 0.2) is 43.0 Å². The van der Waals surface area contributed by atoms with E-state index in [0.717, 1.165) is 5.56 Å². The van der Waals surface area contributed by atoms with Gasteiger partial charge in [-0.2, -0.15) is 5.10 Å². The second-order valence-electron chi connectivity index (χ2n) is 4.40. The van der Waals surface area contributed by atoms with Crippen LogP contribution in [0.3, 0.4) is 0 Å². The van der Waals surface area contributed by atoms with Crippen molar-refractivity contribution in [1.82, 2.24) is 14.8 Å². The predicted octanol–water partition coefficient (Wildman–Crippen LogP) is 1.71. The Morgan fingerprint density at radius 3 is 2.67 bits per heavy atom. The number of aryl methyl sites for hydroxylation is 1. The van der Waals surface area contributed by atoms with E-state index >= 15 is 0 Å². The van der Waals surface area contributed by atoms with Gasteiger partial charge in [-0.1, -0.05) is 30.3 Å². The van der Waals surface area contributed by atoms with E-state index in [0.29, 0.717) is 12.8 Å². The summed E-state index contributed by atoms with van der Waals surface area (Å²) in [5, 5.41) is 13.3. The van der Waals surface area contributed by atoms with Gasteiger partial charge in [0.1, 0.15) is 12.7 Å². The van der Waals surface area contributed by atoms with Crippen LogP contribution in [0.1, 0.15) is 18.9 Å². The van der Waals surface area contributed by atoms with Crippen LogP contribution < -0.4 is 0 Å². The van der Waals surface area contributed by atoms with Crippen LogP contribution in [0.25, 0.3) is 0 Å². The number of carboxylic acids is 1. The molecule has 1 N–H and O–H groups in total. The van der Waals surface area contributed by atoms with Gasteiger partial charge in [0, 0.05) is 0 Å². The van der Waals surface area contributed by atoms with Crippen LogP contribution in [0.5, 0.6) is 0 Å². The van der Waals surface area contributed by atoms with Crippen LogP contribution in [-0.4, -0.2) is 25.8 Å². The fourth-order valence-corrected chi connectivity index (χ4v) is 1.81. The fourth-order valence-electron chi connectivity index (χ4n) is 1.81. The lowest BCUT2D eigenvalue weighted by atomic mass is 9.93. The molecule has 0 aliphatic heterocycles. The SMILES string of the molecule is CC(CCc1ccccc1)(C(=O)O)n1cncn1. The van der Waals surface area contributed by atoms with Gasteiger partial charge < -0.3 is 5.11 Å². The van der Waals surface area contributed by atoms with E-state index < -0.39 is 11.5 Å². The van der Waals surface area contributed by atoms with Crippen molar-refractivity contribution in [3.05, 3.63) is 48.5 Å². The molecule has 2 rings (SSSR count). The van der Waals surface area contributed by atoms with E-state index in [9.17, 15) is 9.90 Å². The van der Waals surface area contributed by atoms with Crippen molar-refractivity contribution in [3.8, 4) is 0 Å². The molecule has 0 saturated carbocycles. The number of hydrogen-bond donors (Lipinski definition) is 1. The Balaban J connectivity index is 2.15. The molecule has 0 radical (unpaired) electrons. The van der Waals surface area contributed by atoms with Crippen LogP contribution in [0.4, 0.5) is 0 Å². The smallest absolute Gasteiger partial charge is 0.331 e. The molecule has 0 fully saturated rings. The zero-order valence-electron chi connectivity index (χ0n) is 10.2. The minimum atomic E-state index is -1.06. The maximum atomic E-state index is 11.5. The highest BCUT2D eigenvalue weighted by Gasteiger charge is 2.35. The quantitative estimate of drug-likeness (QED) is 0.870. The first-order chi connectivity index (χ1) is 8.63. The summed E-state index contributed by atoms with van der Waals surface area (Å²) < 4.78 is 1.40. The number of aliphatic carboxylic acids is 1. The minimum absolute atomic E-state index is 0.468. The molecule has 0 amide bonds. The first-order valence-electron chi connectivity index (χ1n) is 5.75. The zero-order chi connectivity index (χ0) is 13.0. The number of rotatable bonds is 5. The van der Waals surface area contributed by atoms with E-state index in [-0.39, 0.29) is 0 Å². The summed E-state index contributed by atoms with van der Waals surface area (Å²) in [5.41, 5.74) is 0.0527. The van der Waals surface area contributed by atoms with E-state index in [2.05, 4.69) is 10.1 Å². The van der Waals surface area contributed by atoms with E-state index in [4.69, 9.17) is 0 Å². The number of carboxylic acid groups (broad SMARTS) is 1. The molecule has 1 aromatic heterocycles. The largest absolute Gasteiger partial charge is 0.479 e. The molecule has 1 atom stereocenters. The van der Waals surface area contributed by atoms with Gasteiger partial charge in [0.25, 0.3) is 0 Å². The van der Waals surface area contributed by atoms with E-state index in [1.807, 2.05) is 30.3 Å². The number of hydrogen-bond acceptors (Lipinski definition) is 3. The molecule has 2 aromatic rings.